The van der Waals surface area contributed by atoms with Crippen LogP contribution in [0.3, 0.4) is 0 Å². The zero-order chi connectivity index (χ0) is 29.4. The Balaban J connectivity index is 2.04. The minimum Gasteiger partial charge on any atom is -0.497 e. The minimum atomic E-state index is -4.28. The van der Waals surface area contributed by atoms with E-state index in [1.54, 1.807) is 18.2 Å². The van der Waals surface area contributed by atoms with Gasteiger partial charge < -0.3 is 15.0 Å². The van der Waals surface area contributed by atoms with Crippen LogP contribution in [0.1, 0.15) is 32.8 Å². The van der Waals surface area contributed by atoms with Crippen LogP contribution in [0.4, 0.5) is 10.1 Å². The van der Waals surface area contributed by atoms with Gasteiger partial charge in [-0.05, 0) is 68.8 Å². The van der Waals surface area contributed by atoms with E-state index in [-0.39, 0.29) is 33.8 Å². The van der Waals surface area contributed by atoms with Gasteiger partial charge in [-0.3, -0.25) is 13.9 Å². The number of ether oxygens (including phenoxy) is 1. The highest BCUT2D eigenvalue weighted by Gasteiger charge is 2.33. The number of hydrogen-bond donors (Lipinski definition) is 1. The van der Waals surface area contributed by atoms with Crippen molar-refractivity contribution in [1.82, 2.24) is 10.2 Å². The van der Waals surface area contributed by atoms with E-state index in [0.29, 0.717) is 12.2 Å². The van der Waals surface area contributed by atoms with Gasteiger partial charge in [0.2, 0.25) is 11.8 Å². The average Bonchev–Trinajstić information content (AvgIpc) is 2.94. The monoisotopic (exact) mass is 589 g/mol. The number of anilines is 1. The molecule has 8 nitrogen and oxygen atoms in total. The van der Waals surface area contributed by atoms with Gasteiger partial charge in [0, 0.05) is 23.2 Å². The molecule has 0 heterocycles. The number of rotatable bonds is 12. The third-order valence-electron chi connectivity index (χ3n) is 6.49. The number of amides is 2. The predicted octanol–water partition coefficient (Wildman–Crippen LogP) is 5.02. The van der Waals surface area contributed by atoms with Gasteiger partial charge in [-0.2, -0.15) is 0 Å². The number of nitrogens with one attached hydrogen (secondary N) is 1. The summed E-state index contributed by atoms with van der Waals surface area (Å²) in [6, 6.07) is 16.6. The van der Waals surface area contributed by atoms with E-state index >= 15 is 0 Å². The molecule has 2 amide bonds. The number of methoxy groups -OCH3 is 1. The molecule has 40 heavy (non-hydrogen) atoms. The van der Waals surface area contributed by atoms with Crippen molar-refractivity contribution in [3.63, 3.8) is 0 Å². The molecule has 0 radical (unpaired) electrons. The fourth-order valence-corrected chi connectivity index (χ4v) is 5.48. The maximum Gasteiger partial charge on any atom is 0.264 e. The molecule has 0 spiro atoms. The Bertz CT molecular complexity index is 1440. The number of sulfonamides is 1. The first kappa shape index (κ1) is 30.9. The molecule has 214 valence electrons. The molecule has 3 aromatic carbocycles. The Morgan fingerprint density at radius 1 is 1.02 bits per heavy atom. The quantitative estimate of drug-likeness (QED) is 0.320. The minimum absolute atomic E-state index is 0.0794. The van der Waals surface area contributed by atoms with E-state index < -0.39 is 40.2 Å². The second-order valence-corrected chi connectivity index (χ2v) is 11.6. The Kier molecular flexibility index (Phi) is 10.5. The summed E-state index contributed by atoms with van der Waals surface area (Å²) in [5.41, 5.74) is 0.338. The maximum atomic E-state index is 14.6. The highest BCUT2D eigenvalue weighted by molar-refractivity contribution is 7.92. The number of halogens is 2. The molecular weight excluding hydrogens is 557 g/mol. The largest absolute Gasteiger partial charge is 0.497 e. The van der Waals surface area contributed by atoms with Gasteiger partial charge in [0.15, 0.2) is 0 Å². The smallest absolute Gasteiger partial charge is 0.264 e. The van der Waals surface area contributed by atoms with Crippen LogP contribution in [0, 0.1) is 5.82 Å². The van der Waals surface area contributed by atoms with Crippen molar-refractivity contribution in [2.24, 2.45) is 0 Å². The van der Waals surface area contributed by atoms with E-state index in [4.69, 9.17) is 16.3 Å². The van der Waals surface area contributed by atoms with Crippen LogP contribution in [-0.2, 0) is 26.2 Å². The molecular formula is C29H33ClFN3O5S. The summed E-state index contributed by atoms with van der Waals surface area (Å²) in [5, 5.41) is 3.10. The van der Waals surface area contributed by atoms with Gasteiger partial charge in [-0.25, -0.2) is 12.8 Å². The molecule has 0 unspecified atom stereocenters. The van der Waals surface area contributed by atoms with Gasteiger partial charge in [0.05, 0.1) is 17.7 Å². The van der Waals surface area contributed by atoms with Crippen LogP contribution >= 0.6 is 11.6 Å². The van der Waals surface area contributed by atoms with E-state index in [1.807, 2.05) is 13.8 Å². The highest BCUT2D eigenvalue weighted by Crippen LogP contribution is 2.28. The Morgan fingerprint density at radius 3 is 2.30 bits per heavy atom. The molecule has 11 heteroatoms. The van der Waals surface area contributed by atoms with Crippen molar-refractivity contribution >= 4 is 39.1 Å². The zero-order valence-electron chi connectivity index (χ0n) is 22.8. The van der Waals surface area contributed by atoms with Crippen molar-refractivity contribution in [2.45, 2.75) is 50.7 Å². The maximum absolute atomic E-state index is 14.6. The third kappa shape index (κ3) is 7.51. The lowest BCUT2D eigenvalue weighted by molar-refractivity contribution is -0.139. The molecule has 1 N–H and O–H groups in total. The molecule has 0 aliphatic rings. The molecule has 0 aliphatic carbocycles. The first-order chi connectivity index (χ1) is 19.0. The Morgan fingerprint density at radius 2 is 1.70 bits per heavy atom. The molecule has 0 fully saturated rings. The van der Waals surface area contributed by atoms with E-state index in [0.717, 1.165) is 4.31 Å². The van der Waals surface area contributed by atoms with Crippen LogP contribution in [0.5, 0.6) is 5.75 Å². The number of hydrogen-bond acceptors (Lipinski definition) is 5. The fraction of sp³-hybridized carbons (Fsp3) is 0.310. The predicted molar refractivity (Wildman–Crippen MR) is 153 cm³/mol. The van der Waals surface area contributed by atoms with Crippen LogP contribution in [0.15, 0.2) is 77.7 Å². The molecule has 0 saturated carbocycles. The van der Waals surface area contributed by atoms with Gasteiger partial charge >= 0.3 is 0 Å². The Labute approximate surface area is 239 Å². The number of benzene rings is 3. The molecule has 3 aromatic rings. The molecule has 0 saturated heterocycles. The molecule has 3 rings (SSSR count). The number of nitrogens with zero attached hydrogens (tertiary/aromatic N) is 2. The number of carbonyl (C=O) groups excluding carboxylic acids is 2. The van der Waals surface area contributed by atoms with Crippen LogP contribution < -0.4 is 14.4 Å². The van der Waals surface area contributed by atoms with Crippen molar-refractivity contribution < 1.29 is 27.1 Å². The van der Waals surface area contributed by atoms with Gasteiger partial charge in [-0.15, -0.1) is 0 Å². The summed E-state index contributed by atoms with van der Waals surface area (Å²) in [7, 11) is -2.82. The normalized spacial score (nSPS) is 12.8. The highest BCUT2D eigenvalue weighted by atomic mass is 35.5. The van der Waals surface area contributed by atoms with Gasteiger partial charge in [0.25, 0.3) is 10.0 Å². The molecule has 2 atom stereocenters. The topological polar surface area (TPSA) is 96.0 Å². The van der Waals surface area contributed by atoms with Crippen molar-refractivity contribution in [3.8, 4) is 5.75 Å². The molecule has 0 aliphatic heterocycles. The first-order valence-corrected chi connectivity index (χ1v) is 14.5. The SMILES string of the molecule is CC[C@H](C)NC(=O)[C@H](C)N(Cc1ccccc1F)C(=O)CN(c1cccc(Cl)c1)S(=O)(=O)c1ccc(OC)cc1. The number of carbonyl (C=O) groups is 2. The lowest BCUT2D eigenvalue weighted by Gasteiger charge is -2.32. The Hall–Kier alpha value is -3.63. The van der Waals surface area contributed by atoms with Crippen molar-refractivity contribution in [1.29, 1.82) is 0 Å². The second kappa shape index (κ2) is 13.6. The van der Waals surface area contributed by atoms with E-state index in [2.05, 4.69) is 5.32 Å². The lowest BCUT2D eigenvalue weighted by atomic mass is 10.1. The van der Waals surface area contributed by atoms with Crippen molar-refractivity contribution in [2.75, 3.05) is 18.0 Å². The van der Waals surface area contributed by atoms with Crippen LogP contribution in [-0.4, -0.2) is 50.9 Å². The third-order valence-corrected chi connectivity index (χ3v) is 8.51. The molecule has 0 bridgehead atoms. The van der Waals surface area contributed by atoms with Gasteiger partial charge in [-0.1, -0.05) is 42.8 Å². The zero-order valence-corrected chi connectivity index (χ0v) is 24.4. The van der Waals surface area contributed by atoms with Gasteiger partial charge in [0.1, 0.15) is 24.2 Å². The fourth-order valence-electron chi connectivity index (χ4n) is 3.89. The van der Waals surface area contributed by atoms with Crippen molar-refractivity contribution in [3.05, 3.63) is 89.2 Å². The summed E-state index contributed by atoms with van der Waals surface area (Å²) in [4.78, 5) is 28.0. The standard InChI is InChI=1S/C29H33ClFN3O5S/c1-5-20(2)32-29(36)21(3)33(18-22-9-6-7-12-27(22)31)28(35)19-34(24-11-8-10-23(30)17-24)40(37,38)26-15-13-25(39-4)14-16-26/h6-17,20-21H,5,18-19H2,1-4H3,(H,32,36)/t20-,21-/m0/s1. The summed E-state index contributed by atoms with van der Waals surface area (Å²) in [6.45, 7) is 4.36. The molecule has 0 aromatic heterocycles. The van der Waals surface area contributed by atoms with E-state index in [9.17, 15) is 22.4 Å². The first-order valence-electron chi connectivity index (χ1n) is 12.7. The summed E-state index contributed by atoms with van der Waals surface area (Å²) in [6.07, 6.45) is 0.669. The summed E-state index contributed by atoms with van der Waals surface area (Å²) in [5.74, 6) is -1.23. The van der Waals surface area contributed by atoms with Crippen LogP contribution in [0.2, 0.25) is 5.02 Å². The summed E-state index contributed by atoms with van der Waals surface area (Å²) < 4.78 is 48.3. The van der Waals surface area contributed by atoms with E-state index in [1.165, 1.54) is 73.5 Å². The second-order valence-electron chi connectivity index (χ2n) is 9.27. The lowest BCUT2D eigenvalue weighted by Crippen LogP contribution is -2.52. The van der Waals surface area contributed by atoms with Crippen LogP contribution in [0.25, 0.3) is 0 Å². The summed E-state index contributed by atoms with van der Waals surface area (Å²) >= 11 is 6.17. The average molecular weight is 590 g/mol.